The highest BCUT2D eigenvalue weighted by Gasteiger charge is 2.15. The number of carboxylic acid groups (broad SMARTS) is 1. The number of anilines is 1. The molecule has 6 heteroatoms. The first-order valence-corrected chi connectivity index (χ1v) is 6.85. The van der Waals surface area contributed by atoms with Crippen LogP contribution in [0.15, 0.2) is 18.2 Å². The normalized spacial score (nSPS) is 18.1. The zero-order valence-corrected chi connectivity index (χ0v) is 11.4. The van der Waals surface area contributed by atoms with Gasteiger partial charge in [0.25, 0.3) is 0 Å². The molecule has 6 nitrogen and oxygen atoms in total. The number of aromatic carboxylic acids is 1. The molecule has 2 rings (SSSR count). The molecule has 0 aliphatic carbocycles. The molecule has 1 fully saturated rings. The molecule has 0 saturated carbocycles. The van der Waals surface area contributed by atoms with Gasteiger partial charge in [-0.1, -0.05) is 6.07 Å². The maximum Gasteiger partial charge on any atom is 0.354 e. The number of aromatic nitrogens is 1. The quantitative estimate of drug-likeness (QED) is 0.705. The van der Waals surface area contributed by atoms with Crippen LogP contribution >= 0.6 is 0 Å². The first-order valence-electron chi connectivity index (χ1n) is 6.85. The summed E-state index contributed by atoms with van der Waals surface area (Å²) in [4.78, 5) is 14.8. The van der Waals surface area contributed by atoms with Crippen LogP contribution in [0.5, 0.6) is 0 Å². The Morgan fingerprint density at radius 2 is 2.45 bits per heavy atom. The van der Waals surface area contributed by atoms with Gasteiger partial charge in [-0.05, 0) is 25.0 Å². The number of carboxylic acids is 1. The zero-order valence-electron chi connectivity index (χ0n) is 11.4. The Labute approximate surface area is 118 Å². The van der Waals surface area contributed by atoms with E-state index in [1.807, 2.05) is 0 Å². The van der Waals surface area contributed by atoms with Crippen LogP contribution in [0.4, 0.5) is 5.82 Å². The van der Waals surface area contributed by atoms with Crippen LogP contribution in [-0.4, -0.2) is 49.0 Å². The Morgan fingerprint density at radius 3 is 3.20 bits per heavy atom. The SMILES string of the molecule is O=C(O)c1cccc(NCCCOCC2CCOC2)n1. The smallest absolute Gasteiger partial charge is 0.354 e. The van der Waals surface area contributed by atoms with E-state index in [9.17, 15) is 4.79 Å². The summed E-state index contributed by atoms with van der Waals surface area (Å²) in [6, 6.07) is 4.90. The van der Waals surface area contributed by atoms with Gasteiger partial charge in [0.1, 0.15) is 5.82 Å². The number of carbonyl (C=O) groups is 1. The maximum absolute atomic E-state index is 10.8. The third-order valence-electron chi connectivity index (χ3n) is 3.12. The summed E-state index contributed by atoms with van der Waals surface area (Å²) in [6.07, 6.45) is 1.94. The van der Waals surface area contributed by atoms with Gasteiger partial charge in [0, 0.05) is 25.7 Å². The van der Waals surface area contributed by atoms with Gasteiger partial charge in [-0.15, -0.1) is 0 Å². The van der Waals surface area contributed by atoms with Crippen LogP contribution in [0.1, 0.15) is 23.3 Å². The number of nitrogens with one attached hydrogen (secondary N) is 1. The molecule has 1 atom stereocenters. The minimum atomic E-state index is -1.02. The average molecular weight is 280 g/mol. The summed E-state index contributed by atoms with van der Waals surface area (Å²) in [6.45, 7) is 3.80. The van der Waals surface area contributed by atoms with Crippen LogP contribution in [-0.2, 0) is 9.47 Å². The molecular weight excluding hydrogens is 260 g/mol. The number of pyridine rings is 1. The fourth-order valence-electron chi connectivity index (χ4n) is 2.01. The first-order chi connectivity index (χ1) is 9.75. The molecule has 1 aromatic rings. The van der Waals surface area contributed by atoms with Crippen molar-refractivity contribution in [2.75, 3.05) is 38.3 Å². The third kappa shape index (κ3) is 4.79. The monoisotopic (exact) mass is 280 g/mol. The molecule has 0 bridgehead atoms. The summed E-state index contributed by atoms with van der Waals surface area (Å²) < 4.78 is 10.9. The largest absolute Gasteiger partial charge is 0.477 e. The number of ether oxygens (including phenoxy) is 2. The standard InChI is InChI=1S/C14H20N2O4/c17-14(18)12-3-1-4-13(16-12)15-6-2-7-19-9-11-5-8-20-10-11/h1,3-4,11H,2,5-10H2,(H,15,16)(H,17,18). The van der Waals surface area contributed by atoms with E-state index in [1.54, 1.807) is 12.1 Å². The Balaban J connectivity index is 1.58. The molecule has 1 aromatic heterocycles. The fourth-order valence-corrected chi connectivity index (χ4v) is 2.01. The lowest BCUT2D eigenvalue weighted by atomic mass is 10.1. The minimum absolute atomic E-state index is 0.0486. The number of hydrogen-bond acceptors (Lipinski definition) is 5. The molecular formula is C14H20N2O4. The summed E-state index contributed by atoms with van der Waals surface area (Å²) >= 11 is 0. The second kappa shape index (κ2) is 7.81. The Kier molecular flexibility index (Phi) is 5.76. The minimum Gasteiger partial charge on any atom is -0.477 e. The second-order valence-corrected chi connectivity index (χ2v) is 4.80. The lowest BCUT2D eigenvalue weighted by Gasteiger charge is -2.09. The highest BCUT2D eigenvalue weighted by atomic mass is 16.5. The maximum atomic E-state index is 10.8. The zero-order chi connectivity index (χ0) is 14.2. The Bertz CT molecular complexity index is 433. The molecule has 1 unspecified atom stereocenters. The van der Waals surface area contributed by atoms with Gasteiger partial charge in [-0.3, -0.25) is 0 Å². The van der Waals surface area contributed by atoms with Crippen molar-refractivity contribution in [2.45, 2.75) is 12.8 Å². The number of rotatable bonds is 8. The van der Waals surface area contributed by atoms with Crippen molar-refractivity contribution >= 4 is 11.8 Å². The van der Waals surface area contributed by atoms with E-state index < -0.39 is 5.97 Å². The van der Waals surface area contributed by atoms with Crippen molar-refractivity contribution in [3.63, 3.8) is 0 Å². The van der Waals surface area contributed by atoms with Gasteiger partial charge in [-0.2, -0.15) is 0 Å². The first kappa shape index (κ1) is 14.7. The van der Waals surface area contributed by atoms with Crippen molar-refractivity contribution in [2.24, 2.45) is 5.92 Å². The van der Waals surface area contributed by atoms with E-state index in [4.69, 9.17) is 14.6 Å². The van der Waals surface area contributed by atoms with Gasteiger partial charge in [0.2, 0.25) is 0 Å². The van der Waals surface area contributed by atoms with Crippen LogP contribution < -0.4 is 5.32 Å². The summed E-state index contributed by atoms with van der Waals surface area (Å²) in [5.74, 6) is 0.0988. The summed E-state index contributed by atoms with van der Waals surface area (Å²) in [5.41, 5.74) is 0.0486. The van der Waals surface area contributed by atoms with Crippen LogP contribution in [0, 0.1) is 5.92 Å². The lowest BCUT2D eigenvalue weighted by Crippen LogP contribution is -2.12. The highest BCUT2D eigenvalue weighted by Crippen LogP contribution is 2.12. The van der Waals surface area contributed by atoms with Gasteiger partial charge in [0.05, 0.1) is 13.2 Å². The Morgan fingerprint density at radius 1 is 1.55 bits per heavy atom. The van der Waals surface area contributed by atoms with E-state index in [2.05, 4.69) is 10.3 Å². The molecule has 1 saturated heterocycles. The lowest BCUT2D eigenvalue weighted by molar-refractivity contribution is 0.0690. The molecule has 0 spiro atoms. The summed E-state index contributed by atoms with van der Waals surface area (Å²) in [5, 5.41) is 11.9. The van der Waals surface area contributed by atoms with Crippen LogP contribution in [0.3, 0.4) is 0 Å². The van der Waals surface area contributed by atoms with Crippen molar-refractivity contribution in [3.8, 4) is 0 Å². The fraction of sp³-hybridized carbons (Fsp3) is 0.571. The molecule has 1 aliphatic rings. The third-order valence-corrected chi connectivity index (χ3v) is 3.12. The van der Waals surface area contributed by atoms with Gasteiger partial charge in [-0.25, -0.2) is 9.78 Å². The molecule has 2 N–H and O–H groups in total. The van der Waals surface area contributed by atoms with E-state index >= 15 is 0 Å². The predicted octanol–water partition coefficient (Wildman–Crippen LogP) is 1.63. The predicted molar refractivity (Wildman–Crippen MR) is 74.0 cm³/mol. The second-order valence-electron chi connectivity index (χ2n) is 4.80. The van der Waals surface area contributed by atoms with Crippen LogP contribution in [0.2, 0.25) is 0 Å². The molecule has 2 heterocycles. The van der Waals surface area contributed by atoms with E-state index in [0.29, 0.717) is 24.9 Å². The van der Waals surface area contributed by atoms with Crippen molar-refractivity contribution in [1.82, 2.24) is 4.98 Å². The number of nitrogens with zero attached hydrogens (tertiary/aromatic N) is 1. The molecule has 0 radical (unpaired) electrons. The number of hydrogen-bond donors (Lipinski definition) is 2. The molecule has 1 aliphatic heterocycles. The molecule has 0 amide bonds. The molecule has 20 heavy (non-hydrogen) atoms. The van der Waals surface area contributed by atoms with Gasteiger partial charge < -0.3 is 19.9 Å². The van der Waals surface area contributed by atoms with E-state index in [1.165, 1.54) is 6.07 Å². The molecule has 0 aromatic carbocycles. The van der Waals surface area contributed by atoms with Crippen molar-refractivity contribution < 1.29 is 19.4 Å². The van der Waals surface area contributed by atoms with Gasteiger partial charge >= 0.3 is 5.97 Å². The summed E-state index contributed by atoms with van der Waals surface area (Å²) in [7, 11) is 0. The van der Waals surface area contributed by atoms with Crippen LogP contribution in [0.25, 0.3) is 0 Å². The van der Waals surface area contributed by atoms with E-state index in [-0.39, 0.29) is 5.69 Å². The van der Waals surface area contributed by atoms with E-state index in [0.717, 1.165) is 32.7 Å². The average Bonchev–Trinajstić information content (AvgIpc) is 2.96. The topological polar surface area (TPSA) is 80.7 Å². The Hall–Kier alpha value is -1.66. The highest BCUT2D eigenvalue weighted by molar-refractivity contribution is 5.85. The molecule has 110 valence electrons. The van der Waals surface area contributed by atoms with Crippen molar-refractivity contribution in [3.05, 3.63) is 23.9 Å². The van der Waals surface area contributed by atoms with Crippen molar-refractivity contribution in [1.29, 1.82) is 0 Å². The van der Waals surface area contributed by atoms with Gasteiger partial charge in [0.15, 0.2) is 5.69 Å².